The zero-order valence-corrected chi connectivity index (χ0v) is 9.20. The normalized spacial score (nSPS) is 18.5. The Bertz CT molecular complexity index is 190. The Hall–Kier alpha value is -0.570. The van der Waals surface area contributed by atoms with Gasteiger partial charge < -0.3 is 5.11 Å². The van der Waals surface area contributed by atoms with Gasteiger partial charge in [0.25, 0.3) is 0 Å². The van der Waals surface area contributed by atoms with Crippen molar-refractivity contribution in [2.75, 3.05) is 13.1 Å². The van der Waals surface area contributed by atoms with Crippen molar-refractivity contribution in [1.82, 2.24) is 4.90 Å². The summed E-state index contributed by atoms with van der Waals surface area (Å²) in [5, 5.41) is 8.63. The lowest BCUT2D eigenvalue weighted by molar-refractivity contribution is -0.137. The van der Waals surface area contributed by atoms with Crippen molar-refractivity contribution in [3.63, 3.8) is 0 Å². The van der Waals surface area contributed by atoms with E-state index in [-0.39, 0.29) is 6.42 Å². The lowest BCUT2D eigenvalue weighted by atomic mass is 10.1. The molecule has 0 aromatic heterocycles. The van der Waals surface area contributed by atoms with Crippen LogP contribution in [0.3, 0.4) is 0 Å². The molecule has 0 bridgehead atoms. The van der Waals surface area contributed by atoms with Crippen LogP contribution in [0.5, 0.6) is 0 Å². The molecule has 3 nitrogen and oxygen atoms in total. The molecule has 0 heterocycles. The third kappa shape index (κ3) is 4.09. The van der Waals surface area contributed by atoms with E-state index in [1.54, 1.807) is 0 Å². The third-order valence-electron chi connectivity index (χ3n) is 2.92. The number of rotatable bonds is 7. The smallest absolute Gasteiger partial charge is 0.304 e. The van der Waals surface area contributed by atoms with Crippen molar-refractivity contribution in [2.45, 2.75) is 45.6 Å². The number of carboxylic acids is 1. The highest BCUT2D eigenvalue weighted by Gasteiger charge is 2.29. The van der Waals surface area contributed by atoms with Crippen molar-refractivity contribution in [1.29, 1.82) is 0 Å². The van der Waals surface area contributed by atoms with Gasteiger partial charge in [0.05, 0.1) is 6.42 Å². The highest BCUT2D eigenvalue weighted by Crippen LogP contribution is 2.27. The number of nitrogens with zero attached hydrogens (tertiary/aromatic N) is 1. The highest BCUT2D eigenvalue weighted by atomic mass is 16.4. The molecule has 0 amide bonds. The lowest BCUT2D eigenvalue weighted by Gasteiger charge is -2.24. The van der Waals surface area contributed by atoms with Gasteiger partial charge >= 0.3 is 5.97 Å². The fraction of sp³-hybridized carbons (Fsp3) is 0.909. The Morgan fingerprint density at radius 3 is 2.64 bits per heavy atom. The topological polar surface area (TPSA) is 40.5 Å². The molecule has 1 fully saturated rings. The molecule has 0 saturated heterocycles. The SMILES string of the molecule is CCC(C)CN(CCC(=O)O)C1CC1. The highest BCUT2D eigenvalue weighted by molar-refractivity contribution is 5.66. The molecular formula is C11H21NO2. The Balaban J connectivity index is 2.27. The van der Waals surface area contributed by atoms with Crippen LogP contribution in [0.2, 0.25) is 0 Å². The Morgan fingerprint density at radius 1 is 1.57 bits per heavy atom. The molecule has 1 rings (SSSR count). The van der Waals surface area contributed by atoms with E-state index in [0.717, 1.165) is 13.1 Å². The van der Waals surface area contributed by atoms with Gasteiger partial charge in [-0.1, -0.05) is 20.3 Å². The zero-order chi connectivity index (χ0) is 10.6. The van der Waals surface area contributed by atoms with Gasteiger partial charge in [0.15, 0.2) is 0 Å². The molecule has 3 heteroatoms. The summed E-state index contributed by atoms with van der Waals surface area (Å²) in [4.78, 5) is 12.8. The number of hydrogen-bond donors (Lipinski definition) is 1. The monoisotopic (exact) mass is 199 g/mol. The van der Waals surface area contributed by atoms with Gasteiger partial charge in [0.1, 0.15) is 0 Å². The van der Waals surface area contributed by atoms with E-state index in [1.807, 2.05) is 0 Å². The molecule has 1 saturated carbocycles. The van der Waals surface area contributed by atoms with Gasteiger partial charge in [-0.25, -0.2) is 0 Å². The summed E-state index contributed by atoms with van der Waals surface area (Å²) in [6.07, 6.45) is 3.98. The maximum atomic E-state index is 10.5. The van der Waals surface area contributed by atoms with Crippen LogP contribution >= 0.6 is 0 Å². The molecule has 1 atom stereocenters. The largest absolute Gasteiger partial charge is 0.481 e. The molecule has 0 aliphatic heterocycles. The predicted octanol–water partition coefficient (Wildman–Crippen LogP) is 1.97. The summed E-state index contributed by atoms with van der Waals surface area (Å²) in [6, 6.07) is 0.684. The second-order valence-electron chi connectivity index (χ2n) is 4.38. The van der Waals surface area contributed by atoms with Crippen LogP contribution in [0, 0.1) is 5.92 Å². The summed E-state index contributed by atoms with van der Waals surface area (Å²) in [7, 11) is 0. The number of carbonyl (C=O) groups is 1. The average Bonchev–Trinajstić information content (AvgIpc) is 2.94. The van der Waals surface area contributed by atoms with E-state index in [0.29, 0.717) is 12.0 Å². The summed E-state index contributed by atoms with van der Waals surface area (Å²) in [6.45, 7) is 6.21. The molecule has 14 heavy (non-hydrogen) atoms. The van der Waals surface area contributed by atoms with E-state index in [2.05, 4.69) is 18.7 Å². The van der Waals surface area contributed by atoms with Crippen LogP contribution in [-0.4, -0.2) is 35.1 Å². The second kappa shape index (κ2) is 5.35. The van der Waals surface area contributed by atoms with E-state index < -0.39 is 5.97 Å². The van der Waals surface area contributed by atoms with Gasteiger partial charge in [-0.2, -0.15) is 0 Å². The van der Waals surface area contributed by atoms with E-state index >= 15 is 0 Å². The van der Waals surface area contributed by atoms with Gasteiger partial charge in [-0.05, 0) is 18.8 Å². The van der Waals surface area contributed by atoms with Gasteiger partial charge in [0, 0.05) is 19.1 Å². The number of aliphatic carboxylic acids is 1. The summed E-state index contributed by atoms with van der Waals surface area (Å²) >= 11 is 0. The molecule has 0 aromatic rings. The van der Waals surface area contributed by atoms with Crippen LogP contribution < -0.4 is 0 Å². The number of carboxylic acid groups (broad SMARTS) is 1. The first-order valence-corrected chi connectivity index (χ1v) is 5.59. The van der Waals surface area contributed by atoms with Crippen molar-refractivity contribution < 1.29 is 9.90 Å². The maximum Gasteiger partial charge on any atom is 0.304 e. The minimum atomic E-state index is -0.681. The fourth-order valence-electron chi connectivity index (χ4n) is 1.63. The Kier molecular flexibility index (Phi) is 4.39. The Morgan fingerprint density at radius 2 is 2.21 bits per heavy atom. The first kappa shape index (κ1) is 11.5. The molecule has 1 unspecified atom stereocenters. The van der Waals surface area contributed by atoms with Crippen molar-refractivity contribution in [3.8, 4) is 0 Å². The van der Waals surface area contributed by atoms with Gasteiger partial charge in [-0.15, -0.1) is 0 Å². The molecule has 0 radical (unpaired) electrons. The molecule has 82 valence electrons. The van der Waals surface area contributed by atoms with E-state index in [1.165, 1.54) is 19.3 Å². The first-order valence-electron chi connectivity index (χ1n) is 5.59. The maximum absolute atomic E-state index is 10.5. The van der Waals surface area contributed by atoms with Gasteiger partial charge in [0.2, 0.25) is 0 Å². The quantitative estimate of drug-likeness (QED) is 0.681. The van der Waals surface area contributed by atoms with Crippen LogP contribution in [0.4, 0.5) is 0 Å². The minimum Gasteiger partial charge on any atom is -0.481 e. The zero-order valence-electron chi connectivity index (χ0n) is 9.20. The standard InChI is InChI=1S/C11H21NO2/c1-3-9(2)8-12(10-4-5-10)7-6-11(13)14/h9-10H,3-8H2,1-2H3,(H,13,14). The molecule has 0 aromatic carbocycles. The predicted molar refractivity (Wildman–Crippen MR) is 56.3 cm³/mol. The molecule has 1 aliphatic carbocycles. The van der Waals surface area contributed by atoms with E-state index in [4.69, 9.17) is 5.11 Å². The van der Waals surface area contributed by atoms with Crippen molar-refractivity contribution in [2.24, 2.45) is 5.92 Å². The van der Waals surface area contributed by atoms with Crippen LogP contribution in [-0.2, 0) is 4.79 Å². The van der Waals surface area contributed by atoms with Crippen LogP contribution in [0.15, 0.2) is 0 Å². The number of hydrogen-bond acceptors (Lipinski definition) is 2. The van der Waals surface area contributed by atoms with Crippen molar-refractivity contribution >= 4 is 5.97 Å². The van der Waals surface area contributed by atoms with Crippen molar-refractivity contribution in [3.05, 3.63) is 0 Å². The fourth-order valence-corrected chi connectivity index (χ4v) is 1.63. The summed E-state index contributed by atoms with van der Waals surface area (Å²) < 4.78 is 0. The van der Waals surface area contributed by atoms with Gasteiger partial charge in [-0.3, -0.25) is 9.69 Å². The first-order chi connectivity index (χ1) is 6.63. The Labute approximate surface area is 86.1 Å². The molecular weight excluding hydrogens is 178 g/mol. The van der Waals surface area contributed by atoms with Crippen LogP contribution in [0.1, 0.15) is 39.5 Å². The second-order valence-corrected chi connectivity index (χ2v) is 4.38. The summed E-state index contributed by atoms with van der Waals surface area (Å²) in [5.74, 6) is 0.00389. The summed E-state index contributed by atoms with van der Waals surface area (Å²) in [5.41, 5.74) is 0. The lowest BCUT2D eigenvalue weighted by Crippen LogP contribution is -2.32. The average molecular weight is 199 g/mol. The van der Waals surface area contributed by atoms with E-state index in [9.17, 15) is 4.79 Å². The van der Waals surface area contributed by atoms with Crippen LogP contribution in [0.25, 0.3) is 0 Å². The minimum absolute atomic E-state index is 0.285. The molecule has 0 spiro atoms. The molecule has 1 N–H and O–H groups in total. The molecule has 1 aliphatic rings. The third-order valence-corrected chi connectivity index (χ3v) is 2.92.